The maximum atomic E-state index is 12.3. The summed E-state index contributed by atoms with van der Waals surface area (Å²) in [5.41, 5.74) is -0.615. The predicted molar refractivity (Wildman–Crippen MR) is 89.1 cm³/mol. The molecule has 0 aromatic heterocycles. The van der Waals surface area contributed by atoms with E-state index in [1.54, 1.807) is 4.90 Å². The molecule has 1 aromatic rings. The summed E-state index contributed by atoms with van der Waals surface area (Å²) in [6.45, 7) is 4.77. The highest BCUT2D eigenvalue weighted by molar-refractivity contribution is 9.12. The summed E-state index contributed by atoms with van der Waals surface area (Å²) in [5, 5.41) is 0.573. The topological polar surface area (TPSA) is 38.8 Å². The van der Waals surface area contributed by atoms with Crippen molar-refractivity contribution in [3.63, 3.8) is 0 Å². The van der Waals surface area contributed by atoms with Crippen LogP contribution in [0.4, 0.5) is 0 Å². The maximum Gasteiger partial charge on any atom is 0.239 e. The number of halogens is 2. The van der Waals surface area contributed by atoms with Gasteiger partial charge in [-0.25, -0.2) is 0 Å². The average molecular weight is 421 g/mol. The van der Waals surface area contributed by atoms with Crippen LogP contribution in [0.1, 0.15) is 13.8 Å². The predicted octanol–water partition coefficient (Wildman–Crippen LogP) is 3.19. The molecule has 0 N–H and O–H groups in total. The van der Waals surface area contributed by atoms with Crippen molar-refractivity contribution in [2.45, 2.75) is 30.5 Å². The van der Waals surface area contributed by atoms with Crippen LogP contribution in [0.2, 0.25) is 0 Å². The van der Waals surface area contributed by atoms with E-state index >= 15 is 0 Å². The molecular weight excluding hydrogens is 402 g/mol. The quantitative estimate of drug-likeness (QED) is 0.686. The Hall–Kier alpha value is -0.590. The molecule has 1 heterocycles. The molecule has 0 bridgehead atoms. The second-order valence-corrected chi connectivity index (χ2v) is 7.13. The first-order chi connectivity index (χ1) is 9.94. The van der Waals surface area contributed by atoms with E-state index in [9.17, 15) is 4.79 Å². The van der Waals surface area contributed by atoms with E-state index in [0.29, 0.717) is 18.5 Å². The van der Waals surface area contributed by atoms with Gasteiger partial charge in [-0.3, -0.25) is 4.79 Å². The number of rotatable bonds is 5. The average Bonchev–Trinajstić information content (AvgIpc) is 2.79. The van der Waals surface area contributed by atoms with Crippen LogP contribution in [0.25, 0.3) is 0 Å². The van der Waals surface area contributed by atoms with E-state index in [0.717, 1.165) is 5.75 Å². The van der Waals surface area contributed by atoms with E-state index in [1.165, 1.54) is 0 Å². The zero-order valence-electron chi connectivity index (χ0n) is 12.1. The maximum absolute atomic E-state index is 12.3. The standard InChI is InChI=1S/C15H19Br2NO3/c1-15(2)18(14(19)13(17)8-16)9-12(21-15)10-20-11-6-4-3-5-7-11/h3-7,12-13H,8-10H2,1-2H3. The van der Waals surface area contributed by atoms with Crippen LogP contribution in [-0.2, 0) is 9.53 Å². The van der Waals surface area contributed by atoms with Crippen molar-refractivity contribution in [1.29, 1.82) is 0 Å². The molecule has 21 heavy (non-hydrogen) atoms. The SMILES string of the molecule is CC1(C)OC(COc2ccccc2)CN1C(=O)C(Br)CBr. The number of amides is 1. The molecule has 2 atom stereocenters. The molecule has 2 unspecified atom stereocenters. The lowest BCUT2D eigenvalue weighted by Crippen LogP contribution is -2.47. The van der Waals surface area contributed by atoms with E-state index < -0.39 is 5.72 Å². The van der Waals surface area contributed by atoms with Gasteiger partial charge in [-0.15, -0.1) is 0 Å². The fourth-order valence-electron chi connectivity index (χ4n) is 2.32. The van der Waals surface area contributed by atoms with Crippen molar-refractivity contribution in [2.75, 3.05) is 18.5 Å². The van der Waals surface area contributed by atoms with Crippen LogP contribution in [-0.4, -0.2) is 45.9 Å². The number of hydrogen-bond donors (Lipinski definition) is 0. The van der Waals surface area contributed by atoms with Gasteiger partial charge in [0.05, 0.1) is 6.54 Å². The highest BCUT2D eigenvalue weighted by Crippen LogP contribution is 2.29. The van der Waals surface area contributed by atoms with Gasteiger partial charge in [-0.1, -0.05) is 50.1 Å². The molecule has 1 fully saturated rings. The Balaban J connectivity index is 1.94. The van der Waals surface area contributed by atoms with Gasteiger partial charge < -0.3 is 14.4 Å². The van der Waals surface area contributed by atoms with Gasteiger partial charge in [-0.05, 0) is 26.0 Å². The lowest BCUT2D eigenvalue weighted by atomic mass is 10.2. The number of ether oxygens (including phenoxy) is 2. The molecule has 1 saturated heterocycles. The Morgan fingerprint density at radius 2 is 2.14 bits per heavy atom. The van der Waals surface area contributed by atoms with Crippen LogP contribution in [0.5, 0.6) is 5.75 Å². The molecule has 1 aliphatic rings. The summed E-state index contributed by atoms with van der Waals surface area (Å²) in [6, 6.07) is 9.61. The summed E-state index contributed by atoms with van der Waals surface area (Å²) < 4.78 is 11.7. The number of hydrogen-bond acceptors (Lipinski definition) is 3. The fourth-order valence-corrected chi connectivity index (χ4v) is 2.84. The molecule has 0 saturated carbocycles. The first-order valence-electron chi connectivity index (χ1n) is 6.81. The molecule has 2 rings (SSSR count). The van der Waals surface area contributed by atoms with Crippen LogP contribution < -0.4 is 4.74 Å². The van der Waals surface area contributed by atoms with E-state index in [4.69, 9.17) is 9.47 Å². The third kappa shape index (κ3) is 4.20. The van der Waals surface area contributed by atoms with E-state index in [2.05, 4.69) is 31.9 Å². The lowest BCUT2D eigenvalue weighted by Gasteiger charge is -2.31. The highest BCUT2D eigenvalue weighted by atomic mass is 79.9. The molecule has 1 amide bonds. The monoisotopic (exact) mass is 419 g/mol. The second-order valence-electron chi connectivity index (χ2n) is 5.38. The number of para-hydroxylation sites is 1. The Morgan fingerprint density at radius 3 is 2.76 bits per heavy atom. The van der Waals surface area contributed by atoms with Gasteiger partial charge in [0.1, 0.15) is 29.0 Å². The summed E-state index contributed by atoms with van der Waals surface area (Å²) in [6.07, 6.45) is -0.126. The van der Waals surface area contributed by atoms with Gasteiger partial charge in [0, 0.05) is 5.33 Å². The third-order valence-corrected chi connectivity index (χ3v) is 5.57. The Bertz CT molecular complexity index is 481. The Morgan fingerprint density at radius 1 is 1.48 bits per heavy atom. The Kier molecular flexibility index (Phi) is 5.68. The second kappa shape index (κ2) is 7.11. The van der Waals surface area contributed by atoms with Crippen molar-refractivity contribution in [3.8, 4) is 5.75 Å². The third-order valence-electron chi connectivity index (χ3n) is 3.34. The summed E-state index contributed by atoms with van der Waals surface area (Å²) in [5.74, 6) is 0.835. The van der Waals surface area contributed by atoms with Crippen LogP contribution >= 0.6 is 31.9 Å². The first-order valence-corrected chi connectivity index (χ1v) is 8.85. The van der Waals surface area contributed by atoms with Gasteiger partial charge >= 0.3 is 0 Å². The molecule has 0 spiro atoms. The van der Waals surface area contributed by atoms with Crippen molar-refractivity contribution < 1.29 is 14.3 Å². The van der Waals surface area contributed by atoms with Crippen LogP contribution in [0, 0.1) is 0 Å². The number of carbonyl (C=O) groups is 1. The largest absolute Gasteiger partial charge is 0.491 e. The molecule has 116 valence electrons. The molecule has 1 aliphatic heterocycles. The first kappa shape index (κ1) is 16.8. The van der Waals surface area contributed by atoms with Crippen molar-refractivity contribution in [1.82, 2.24) is 4.90 Å². The lowest BCUT2D eigenvalue weighted by molar-refractivity contribution is -0.145. The molecule has 6 heteroatoms. The fraction of sp³-hybridized carbons (Fsp3) is 0.533. The number of carbonyl (C=O) groups excluding carboxylic acids is 1. The molecular formula is C15H19Br2NO3. The van der Waals surface area contributed by atoms with E-state index in [-0.39, 0.29) is 16.8 Å². The van der Waals surface area contributed by atoms with Crippen molar-refractivity contribution in [2.24, 2.45) is 0 Å². The minimum Gasteiger partial charge on any atom is -0.491 e. The number of nitrogens with zero attached hydrogens (tertiary/aromatic N) is 1. The molecule has 1 aromatic carbocycles. The van der Waals surface area contributed by atoms with Gasteiger partial charge in [0.25, 0.3) is 0 Å². The summed E-state index contributed by atoms with van der Waals surface area (Å²) in [4.78, 5) is 13.9. The van der Waals surface area contributed by atoms with Crippen LogP contribution in [0.3, 0.4) is 0 Å². The van der Waals surface area contributed by atoms with Crippen LogP contribution in [0.15, 0.2) is 30.3 Å². The molecule has 0 radical (unpaired) electrons. The van der Waals surface area contributed by atoms with Crippen molar-refractivity contribution in [3.05, 3.63) is 30.3 Å². The zero-order valence-corrected chi connectivity index (χ0v) is 15.3. The number of benzene rings is 1. The minimum absolute atomic E-state index is 0.0269. The minimum atomic E-state index is -0.615. The number of alkyl halides is 2. The normalized spacial score (nSPS) is 22.1. The van der Waals surface area contributed by atoms with E-state index in [1.807, 2.05) is 44.2 Å². The van der Waals surface area contributed by atoms with Gasteiger partial charge in [0.15, 0.2) is 0 Å². The summed E-state index contributed by atoms with van der Waals surface area (Å²) in [7, 11) is 0. The molecule has 4 nitrogen and oxygen atoms in total. The van der Waals surface area contributed by atoms with Gasteiger partial charge in [0.2, 0.25) is 5.91 Å². The van der Waals surface area contributed by atoms with Gasteiger partial charge in [-0.2, -0.15) is 0 Å². The highest BCUT2D eigenvalue weighted by Gasteiger charge is 2.43. The smallest absolute Gasteiger partial charge is 0.239 e. The molecule has 0 aliphatic carbocycles. The summed E-state index contributed by atoms with van der Waals surface area (Å²) >= 11 is 6.69. The Labute approximate surface area is 142 Å². The van der Waals surface area contributed by atoms with Crippen molar-refractivity contribution >= 4 is 37.8 Å². The zero-order chi connectivity index (χ0) is 15.5.